The number of aromatic nitrogens is 4. The van der Waals surface area contributed by atoms with E-state index in [9.17, 15) is 4.79 Å². The number of aromatic amines is 1. The molecule has 6 nitrogen and oxygen atoms in total. The highest BCUT2D eigenvalue weighted by Gasteiger charge is 2.29. The lowest BCUT2D eigenvalue weighted by molar-refractivity contribution is 0.641. The zero-order valence-electron chi connectivity index (χ0n) is 10.5. The van der Waals surface area contributed by atoms with Crippen LogP contribution in [0.4, 0.5) is 0 Å². The Hall–Kier alpha value is -1.60. The number of nitrogens with zero attached hydrogens (tertiary/aromatic N) is 3. The Morgan fingerprint density at radius 1 is 1.58 bits per heavy atom. The number of H-pyrrole nitrogens is 1. The summed E-state index contributed by atoms with van der Waals surface area (Å²) in [6, 6.07) is 4.00. The fourth-order valence-electron chi connectivity index (χ4n) is 1.94. The molecule has 0 radical (unpaired) electrons. The van der Waals surface area contributed by atoms with Gasteiger partial charge in [-0.25, -0.2) is 14.9 Å². The van der Waals surface area contributed by atoms with E-state index in [0.717, 1.165) is 23.4 Å². The van der Waals surface area contributed by atoms with Gasteiger partial charge in [-0.05, 0) is 37.6 Å². The molecule has 0 bridgehead atoms. The van der Waals surface area contributed by atoms with Crippen LogP contribution in [0.5, 0.6) is 0 Å². The van der Waals surface area contributed by atoms with Crippen LogP contribution in [0.15, 0.2) is 33.3 Å². The Kier molecular flexibility index (Phi) is 3.16. The fourth-order valence-corrected chi connectivity index (χ4v) is 3.02. The lowest BCUT2D eigenvalue weighted by Crippen LogP contribution is -2.16. The van der Waals surface area contributed by atoms with Crippen LogP contribution in [0.1, 0.15) is 37.4 Å². The normalized spacial score (nSPS) is 16.5. The van der Waals surface area contributed by atoms with Gasteiger partial charge < -0.3 is 5.73 Å². The minimum Gasteiger partial charge on any atom is -0.324 e. The average molecular weight is 277 g/mol. The predicted octanol–water partition coefficient (Wildman–Crippen LogP) is 1.47. The van der Waals surface area contributed by atoms with Gasteiger partial charge in [-0.15, -0.1) is 5.10 Å². The molecule has 1 fully saturated rings. The van der Waals surface area contributed by atoms with E-state index in [0.29, 0.717) is 5.16 Å². The number of rotatable bonds is 4. The zero-order chi connectivity index (χ0) is 13.4. The summed E-state index contributed by atoms with van der Waals surface area (Å²) in [4.78, 5) is 16.1. The fraction of sp³-hybridized carbons (Fsp3) is 0.417. The van der Waals surface area contributed by atoms with E-state index >= 15 is 0 Å². The van der Waals surface area contributed by atoms with Crippen LogP contribution in [0.25, 0.3) is 0 Å². The van der Waals surface area contributed by atoms with Gasteiger partial charge in [-0.2, -0.15) is 0 Å². The molecule has 19 heavy (non-hydrogen) atoms. The van der Waals surface area contributed by atoms with E-state index in [1.165, 1.54) is 11.8 Å². The summed E-state index contributed by atoms with van der Waals surface area (Å²) in [6.07, 6.45) is 3.80. The summed E-state index contributed by atoms with van der Waals surface area (Å²) >= 11 is 1.39. The monoisotopic (exact) mass is 277 g/mol. The maximum atomic E-state index is 11.7. The topological polar surface area (TPSA) is 89.6 Å². The smallest absolute Gasteiger partial charge is 0.324 e. The summed E-state index contributed by atoms with van der Waals surface area (Å²) in [6.45, 7) is 1.92. The molecule has 0 aromatic carbocycles. The third-order valence-electron chi connectivity index (χ3n) is 3.06. The first-order valence-electron chi connectivity index (χ1n) is 6.22. The second-order valence-corrected chi connectivity index (χ2v) is 5.66. The number of pyridine rings is 1. The van der Waals surface area contributed by atoms with E-state index in [1.54, 1.807) is 10.8 Å². The van der Waals surface area contributed by atoms with Crippen molar-refractivity contribution in [2.45, 2.75) is 42.0 Å². The molecule has 2 heterocycles. The van der Waals surface area contributed by atoms with Crippen molar-refractivity contribution in [3.8, 4) is 0 Å². The van der Waals surface area contributed by atoms with Crippen molar-refractivity contribution < 1.29 is 0 Å². The van der Waals surface area contributed by atoms with Crippen LogP contribution in [0.3, 0.4) is 0 Å². The number of hydrogen-bond acceptors (Lipinski definition) is 5. The molecule has 1 saturated carbocycles. The van der Waals surface area contributed by atoms with E-state index in [2.05, 4.69) is 15.2 Å². The van der Waals surface area contributed by atoms with Crippen LogP contribution < -0.4 is 11.4 Å². The van der Waals surface area contributed by atoms with Gasteiger partial charge in [0.05, 0.1) is 0 Å². The van der Waals surface area contributed by atoms with Crippen LogP contribution >= 0.6 is 11.8 Å². The highest BCUT2D eigenvalue weighted by molar-refractivity contribution is 7.99. The molecule has 100 valence electrons. The third-order valence-corrected chi connectivity index (χ3v) is 4.07. The first kappa shape index (κ1) is 12.4. The Balaban J connectivity index is 1.96. The van der Waals surface area contributed by atoms with E-state index in [1.807, 2.05) is 19.1 Å². The largest absolute Gasteiger partial charge is 0.344 e. The standard InChI is InChI=1S/C12H15N5OS/c1-7(13)9-3-2-6-14-10(9)19-12-16-15-11(18)17(12)8-4-5-8/h2-3,6-8H,4-5,13H2,1H3,(H,15,18)/t7-/m0/s1. The molecule has 7 heteroatoms. The van der Waals surface area contributed by atoms with Gasteiger partial charge in [-0.1, -0.05) is 6.07 Å². The highest BCUT2D eigenvalue weighted by Crippen LogP contribution is 2.38. The summed E-state index contributed by atoms with van der Waals surface area (Å²) < 4.78 is 1.71. The molecule has 0 unspecified atom stereocenters. The summed E-state index contributed by atoms with van der Waals surface area (Å²) in [5.74, 6) is 0. The Labute approximate surface area is 114 Å². The van der Waals surface area contributed by atoms with E-state index in [-0.39, 0.29) is 17.8 Å². The molecule has 1 aliphatic rings. The van der Waals surface area contributed by atoms with Gasteiger partial charge in [0.1, 0.15) is 5.03 Å². The van der Waals surface area contributed by atoms with Crippen molar-refractivity contribution in [1.29, 1.82) is 0 Å². The second-order valence-electron chi connectivity index (χ2n) is 4.70. The minimum atomic E-state index is -0.150. The van der Waals surface area contributed by atoms with Gasteiger partial charge in [0.25, 0.3) is 0 Å². The molecule has 0 aliphatic heterocycles. The SMILES string of the molecule is C[C@H](N)c1cccnc1Sc1n[nH]c(=O)n1C1CC1. The minimum absolute atomic E-state index is 0.101. The highest BCUT2D eigenvalue weighted by atomic mass is 32.2. The maximum absolute atomic E-state index is 11.7. The lowest BCUT2D eigenvalue weighted by atomic mass is 10.2. The molecular weight excluding hydrogens is 262 g/mol. The van der Waals surface area contributed by atoms with Crippen molar-refractivity contribution in [3.05, 3.63) is 34.4 Å². The average Bonchev–Trinajstić information content (AvgIpc) is 3.15. The first-order chi connectivity index (χ1) is 9.16. The van der Waals surface area contributed by atoms with Crippen molar-refractivity contribution in [2.75, 3.05) is 0 Å². The summed E-state index contributed by atoms with van der Waals surface area (Å²) in [5.41, 5.74) is 6.75. The molecule has 0 spiro atoms. The molecule has 3 N–H and O–H groups in total. The van der Waals surface area contributed by atoms with Crippen molar-refractivity contribution >= 4 is 11.8 Å². The first-order valence-corrected chi connectivity index (χ1v) is 7.03. The van der Waals surface area contributed by atoms with Gasteiger partial charge in [0.15, 0.2) is 5.16 Å². The molecule has 0 amide bonds. The molecule has 3 rings (SSSR count). The van der Waals surface area contributed by atoms with E-state index < -0.39 is 0 Å². The summed E-state index contributed by atoms with van der Waals surface area (Å²) in [7, 11) is 0. The zero-order valence-corrected chi connectivity index (χ0v) is 11.4. The van der Waals surface area contributed by atoms with Crippen molar-refractivity contribution in [3.63, 3.8) is 0 Å². The van der Waals surface area contributed by atoms with Gasteiger partial charge in [0.2, 0.25) is 0 Å². The molecule has 2 aromatic rings. The van der Waals surface area contributed by atoms with Crippen molar-refractivity contribution in [1.82, 2.24) is 19.7 Å². The number of nitrogens with one attached hydrogen (secondary N) is 1. The third kappa shape index (κ3) is 2.43. The summed E-state index contributed by atoms with van der Waals surface area (Å²) in [5, 5.41) is 8.05. The lowest BCUT2D eigenvalue weighted by Gasteiger charge is -2.10. The Morgan fingerprint density at radius 2 is 2.37 bits per heavy atom. The Morgan fingerprint density at radius 3 is 3.05 bits per heavy atom. The van der Waals surface area contributed by atoms with Gasteiger partial charge >= 0.3 is 5.69 Å². The van der Waals surface area contributed by atoms with E-state index in [4.69, 9.17) is 5.73 Å². The molecular formula is C12H15N5OS. The van der Waals surface area contributed by atoms with Crippen LogP contribution in [0, 0.1) is 0 Å². The maximum Gasteiger partial charge on any atom is 0.344 e. The van der Waals surface area contributed by atoms with Gasteiger partial charge in [0, 0.05) is 23.8 Å². The van der Waals surface area contributed by atoms with Crippen LogP contribution in [-0.4, -0.2) is 19.7 Å². The van der Waals surface area contributed by atoms with Crippen molar-refractivity contribution in [2.24, 2.45) is 5.73 Å². The molecule has 1 atom stereocenters. The second kappa shape index (κ2) is 4.82. The van der Waals surface area contributed by atoms with Crippen LogP contribution in [-0.2, 0) is 0 Å². The molecule has 1 aliphatic carbocycles. The Bertz CT molecular complexity index is 644. The number of nitrogens with two attached hydrogens (primary N) is 1. The molecule has 0 saturated heterocycles. The van der Waals surface area contributed by atoms with Crippen LogP contribution in [0.2, 0.25) is 0 Å². The molecule has 2 aromatic heterocycles. The quantitative estimate of drug-likeness (QED) is 0.883. The number of hydrogen-bond donors (Lipinski definition) is 2. The predicted molar refractivity (Wildman–Crippen MR) is 72.1 cm³/mol. The van der Waals surface area contributed by atoms with Gasteiger partial charge in [-0.3, -0.25) is 4.57 Å².